The maximum absolute atomic E-state index is 13.6. The molecule has 0 unspecified atom stereocenters. The Morgan fingerprint density at radius 1 is 0.880 bits per heavy atom. The maximum Gasteiger partial charge on any atom is 0.141 e. The Kier molecular flexibility index (Phi) is 5.51. The van der Waals surface area contributed by atoms with E-state index in [9.17, 15) is 8.78 Å². The Hall–Kier alpha value is -2.59. The average Bonchev–Trinajstić information content (AvgIpc) is 2.62. The summed E-state index contributed by atoms with van der Waals surface area (Å²) in [4.78, 5) is 0. The summed E-state index contributed by atoms with van der Waals surface area (Å²) in [5.74, 6) is -0.0797. The number of ether oxygens (including phenoxy) is 1. The zero-order valence-corrected chi connectivity index (χ0v) is 14.1. The van der Waals surface area contributed by atoms with Crippen LogP contribution in [0.3, 0.4) is 0 Å². The van der Waals surface area contributed by atoms with Crippen molar-refractivity contribution in [2.45, 2.75) is 13.2 Å². The summed E-state index contributed by atoms with van der Waals surface area (Å²) >= 11 is 5.77. The molecule has 3 aromatic rings. The summed E-state index contributed by atoms with van der Waals surface area (Å²) in [5.41, 5.74) is 2.21. The Labute approximate surface area is 150 Å². The Morgan fingerprint density at radius 2 is 1.72 bits per heavy atom. The van der Waals surface area contributed by atoms with Crippen LogP contribution in [0.15, 0.2) is 66.7 Å². The van der Waals surface area contributed by atoms with Gasteiger partial charge < -0.3 is 10.1 Å². The molecule has 0 saturated heterocycles. The smallest absolute Gasteiger partial charge is 0.141 e. The average molecular weight is 360 g/mol. The summed E-state index contributed by atoms with van der Waals surface area (Å²) in [6.07, 6.45) is 0. The molecular weight excluding hydrogens is 344 g/mol. The number of halogens is 3. The fourth-order valence-corrected chi connectivity index (χ4v) is 2.51. The van der Waals surface area contributed by atoms with E-state index in [1.54, 1.807) is 24.3 Å². The van der Waals surface area contributed by atoms with E-state index in [1.165, 1.54) is 18.2 Å². The molecule has 0 aliphatic rings. The van der Waals surface area contributed by atoms with Gasteiger partial charge in [-0.3, -0.25) is 0 Å². The Bertz CT molecular complexity index is 870. The molecular formula is C20H16ClF2NO. The first-order chi connectivity index (χ1) is 12.1. The van der Waals surface area contributed by atoms with Gasteiger partial charge in [0.25, 0.3) is 0 Å². The van der Waals surface area contributed by atoms with Gasteiger partial charge in [-0.2, -0.15) is 0 Å². The standard InChI is InChI=1S/C20H16ClF2NO/c21-18-11-16(8-9-20(18)23)24-12-14-4-3-6-17(10-14)25-13-15-5-1-2-7-19(15)22/h1-11,24H,12-13H2. The molecule has 0 aromatic heterocycles. The van der Waals surface area contributed by atoms with Gasteiger partial charge in [-0.05, 0) is 42.0 Å². The fraction of sp³-hybridized carbons (Fsp3) is 0.100. The van der Waals surface area contributed by atoms with Crippen molar-refractivity contribution < 1.29 is 13.5 Å². The zero-order valence-electron chi connectivity index (χ0n) is 13.3. The lowest BCUT2D eigenvalue weighted by molar-refractivity contribution is 0.299. The monoisotopic (exact) mass is 359 g/mol. The van der Waals surface area contributed by atoms with Crippen molar-refractivity contribution >= 4 is 17.3 Å². The third-order valence-electron chi connectivity index (χ3n) is 3.67. The van der Waals surface area contributed by atoms with E-state index in [0.29, 0.717) is 17.9 Å². The van der Waals surface area contributed by atoms with Crippen molar-refractivity contribution in [3.63, 3.8) is 0 Å². The lowest BCUT2D eigenvalue weighted by Crippen LogP contribution is -2.01. The highest BCUT2D eigenvalue weighted by Crippen LogP contribution is 2.21. The van der Waals surface area contributed by atoms with Crippen molar-refractivity contribution in [3.8, 4) is 5.75 Å². The van der Waals surface area contributed by atoms with Crippen molar-refractivity contribution in [1.29, 1.82) is 0 Å². The first-order valence-corrected chi connectivity index (χ1v) is 8.14. The van der Waals surface area contributed by atoms with Crippen molar-refractivity contribution in [2.24, 2.45) is 0 Å². The molecule has 2 nitrogen and oxygen atoms in total. The first kappa shape index (κ1) is 17.2. The number of hydrogen-bond donors (Lipinski definition) is 1. The van der Waals surface area contributed by atoms with Crippen LogP contribution < -0.4 is 10.1 Å². The third kappa shape index (κ3) is 4.70. The summed E-state index contributed by atoms with van der Waals surface area (Å²) in [6.45, 7) is 0.690. The molecule has 0 bridgehead atoms. The van der Waals surface area contributed by atoms with E-state index in [0.717, 1.165) is 11.3 Å². The molecule has 0 radical (unpaired) electrons. The molecule has 0 aliphatic carbocycles. The van der Waals surface area contributed by atoms with E-state index in [2.05, 4.69) is 5.32 Å². The maximum atomic E-state index is 13.6. The van der Waals surface area contributed by atoms with E-state index in [4.69, 9.17) is 16.3 Å². The van der Waals surface area contributed by atoms with Crippen LogP contribution >= 0.6 is 11.6 Å². The number of nitrogens with one attached hydrogen (secondary N) is 1. The third-order valence-corrected chi connectivity index (χ3v) is 3.96. The second-order valence-electron chi connectivity index (χ2n) is 5.51. The lowest BCUT2D eigenvalue weighted by atomic mass is 10.2. The largest absolute Gasteiger partial charge is 0.489 e. The van der Waals surface area contributed by atoms with E-state index in [1.807, 2.05) is 24.3 Å². The van der Waals surface area contributed by atoms with Crippen LogP contribution in [0.5, 0.6) is 5.75 Å². The van der Waals surface area contributed by atoms with Crippen LogP contribution in [0.2, 0.25) is 5.02 Å². The van der Waals surface area contributed by atoms with Crippen LogP contribution in [-0.2, 0) is 13.2 Å². The molecule has 1 N–H and O–H groups in total. The second kappa shape index (κ2) is 7.99. The molecule has 0 atom stereocenters. The molecule has 0 spiro atoms. The summed E-state index contributed by atoms with van der Waals surface area (Å²) < 4.78 is 32.4. The van der Waals surface area contributed by atoms with Gasteiger partial charge in [0.15, 0.2) is 0 Å². The van der Waals surface area contributed by atoms with E-state index < -0.39 is 5.82 Å². The van der Waals surface area contributed by atoms with E-state index in [-0.39, 0.29) is 17.4 Å². The second-order valence-corrected chi connectivity index (χ2v) is 5.92. The SMILES string of the molecule is Fc1ccc(NCc2cccc(OCc3ccccc3F)c2)cc1Cl. The zero-order chi connectivity index (χ0) is 17.6. The molecule has 128 valence electrons. The molecule has 0 fully saturated rings. The van der Waals surface area contributed by atoms with E-state index >= 15 is 0 Å². The quantitative estimate of drug-likeness (QED) is 0.599. The molecule has 0 heterocycles. The van der Waals surface area contributed by atoms with Crippen LogP contribution in [0.1, 0.15) is 11.1 Å². The van der Waals surface area contributed by atoms with Crippen molar-refractivity contribution in [3.05, 3.63) is 94.5 Å². The molecule has 0 aliphatic heterocycles. The number of hydrogen-bond acceptors (Lipinski definition) is 2. The summed E-state index contributed by atoms with van der Waals surface area (Å²) in [5, 5.41) is 3.25. The van der Waals surface area contributed by atoms with Gasteiger partial charge in [0.2, 0.25) is 0 Å². The molecule has 25 heavy (non-hydrogen) atoms. The minimum Gasteiger partial charge on any atom is -0.489 e. The summed E-state index contributed by atoms with van der Waals surface area (Å²) in [7, 11) is 0. The van der Waals surface area contributed by atoms with Gasteiger partial charge in [-0.25, -0.2) is 8.78 Å². The number of rotatable bonds is 6. The molecule has 0 amide bonds. The number of anilines is 1. The lowest BCUT2D eigenvalue weighted by Gasteiger charge is -2.10. The highest BCUT2D eigenvalue weighted by atomic mass is 35.5. The van der Waals surface area contributed by atoms with Crippen molar-refractivity contribution in [2.75, 3.05) is 5.32 Å². The van der Waals surface area contributed by atoms with Gasteiger partial charge in [0.1, 0.15) is 24.0 Å². The summed E-state index contributed by atoms with van der Waals surface area (Å²) in [6, 6.07) is 18.5. The fourth-order valence-electron chi connectivity index (χ4n) is 2.33. The Morgan fingerprint density at radius 3 is 2.52 bits per heavy atom. The minimum absolute atomic E-state index is 0.0759. The Balaban J connectivity index is 1.61. The van der Waals surface area contributed by atoms with Gasteiger partial charge >= 0.3 is 0 Å². The number of benzene rings is 3. The van der Waals surface area contributed by atoms with Crippen LogP contribution in [0, 0.1) is 11.6 Å². The van der Waals surface area contributed by atoms with Crippen LogP contribution in [0.25, 0.3) is 0 Å². The topological polar surface area (TPSA) is 21.3 Å². The predicted octanol–water partition coefficient (Wildman–Crippen LogP) is 5.81. The molecule has 5 heteroatoms. The highest BCUT2D eigenvalue weighted by molar-refractivity contribution is 6.31. The van der Waals surface area contributed by atoms with Crippen molar-refractivity contribution in [1.82, 2.24) is 0 Å². The highest BCUT2D eigenvalue weighted by Gasteiger charge is 2.04. The molecule has 3 rings (SSSR count). The van der Waals surface area contributed by atoms with Crippen LogP contribution in [-0.4, -0.2) is 0 Å². The minimum atomic E-state index is -0.448. The van der Waals surface area contributed by atoms with Gasteiger partial charge in [-0.15, -0.1) is 0 Å². The van der Waals surface area contributed by atoms with Gasteiger partial charge in [0.05, 0.1) is 5.02 Å². The predicted molar refractivity (Wildman–Crippen MR) is 95.9 cm³/mol. The first-order valence-electron chi connectivity index (χ1n) is 7.76. The molecule has 0 saturated carbocycles. The van der Waals surface area contributed by atoms with Gasteiger partial charge in [0, 0.05) is 17.8 Å². The van der Waals surface area contributed by atoms with Gasteiger partial charge in [-0.1, -0.05) is 41.9 Å². The normalized spacial score (nSPS) is 10.5. The molecule has 3 aromatic carbocycles. The van der Waals surface area contributed by atoms with Crippen LogP contribution in [0.4, 0.5) is 14.5 Å².